The van der Waals surface area contributed by atoms with Gasteiger partial charge in [-0.3, -0.25) is 4.79 Å². The summed E-state index contributed by atoms with van der Waals surface area (Å²) in [5, 5.41) is 8.99. The first kappa shape index (κ1) is 12.3. The number of carboxylic acids is 1. The van der Waals surface area contributed by atoms with Crippen LogP contribution in [0.1, 0.15) is 23.2 Å². The van der Waals surface area contributed by atoms with Crippen LogP contribution in [0.3, 0.4) is 0 Å². The lowest BCUT2D eigenvalue weighted by molar-refractivity contribution is -0.141. The Morgan fingerprint density at radius 1 is 1.44 bits per heavy atom. The number of hydrogen-bond donors (Lipinski definition) is 2. The first-order valence-electron chi connectivity index (χ1n) is 5.59. The van der Waals surface area contributed by atoms with E-state index in [-0.39, 0.29) is 11.3 Å². The van der Waals surface area contributed by atoms with Crippen LogP contribution in [-0.4, -0.2) is 34.5 Å². The summed E-state index contributed by atoms with van der Waals surface area (Å²) in [6, 6.07) is 2.92. The molecule has 1 unspecified atom stereocenters. The molecule has 0 aliphatic carbocycles. The van der Waals surface area contributed by atoms with Crippen LogP contribution in [0.15, 0.2) is 18.2 Å². The van der Waals surface area contributed by atoms with Crippen LogP contribution in [0.2, 0.25) is 0 Å². The highest BCUT2D eigenvalue weighted by Crippen LogP contribution is 2.21. The molecule has 1 amide bonds. The molecule has 18 heavy (non-hydrogen) atoms. The van der Waals surface area contributed by atoms with Crippen molar-refractivity contribution in [3.63, 3.8) is 0 Å². The Labute approximate surface area is 103 Å². The summed E-state index contributed by atoms with van der Waals surface area (Å²) in [6.45, 7) is 0.377. The molecule has 0 radical (unpaired) electrons. The Kier molecular flexibility index (Phi) is 3.18. The van der Waals surface area contributed by atoms with Gasteiger partial charge in [-0.05, 0) is 31.0 Å². The molecule has 1 atom stereocenters. The van der Waals surface area contributed by atoms with Crippen molar-refractivity contribution in [1.82, 2.24) is 4.90 Å². The molecule has 0 saturated carbocycles. The number of amides is 1. The normalized spacial score (nSPS) is 18.9. The molecule has 5 nitrogen and oxygen atoms in total. The van der Waals surface area contributed by atoms with E-state index in [9.17, 15) is 14.0 Å². The maximum absolute atomic E-state index is 13.3. The smallest absolute Gasteiger partial charge is 0.326 e. The van der Waals surface area contributed by atoms with E-state index in [0.29, 0.717) is 19.4 Å². The average molecular weight is 252 g/mol. The fourth-order valence-electron chi connectivity index (χ4n) is 2.09. The molecule has 1 saturated heterocycles. The molecule has 2 rings (SSSR count). The number of likely N-dealkylation sites (tertiary alicyclic amines) is 1. The number of nitrogens with zero attached hydrogens (tertiary/aromatic N) is 1. The van der Waals surface area contributed by atoms with Gasteiger partial charge in [0.1, 0.15) is 11.9 Å². The predicted molar refractivity (Wildman–Crippen MR) is 62.5 cm³/mol. The number of halogens is 1. The minimum Gasteiger partial charge on any atom is -0.480 e. The molecule has 1 aliphatic heterocycles. The van der Waals surface area contributed by atoms with Crippen LogP contribution < -0.4 is 5.73 Å². The summed E-state index contributed by atoms with van der Waals surface area (Å²) in [4.78, 5) is 24.3. The van der Waals surface area contributed by atoms with Crippen molar-refractivity contribution in [2.45, 2.75) is 18.9 Å². The SMILES string of the molecule is Nc1ccc(C(=O)N2CCCC2C(=O)O)cc1F. The highest BCUT2D eigenvalue weighted by atomic mass is 19.1. The number of nitrogen functional groups attached to an aromatic ring is 1. The lowest BCUT2D eigenvalue weighted by Gasteiger charge is -2.21. The first-order valence-corrected chi connectivity index (χ1v) is 5.59. The molecule has 1 aromatic carbocycles. The lowest BCUT2D eigenvalue weighted by Crippen LogP contribution is -2.40. The molecule has 96 valence electrons. The second-order valence-corrected chi connectivity index (χ2v) is 4.23. The minimum absolute atomic E-state index is 0.0391. The molecule has 1 aromatic rings. The Bertz CT molecular complexity index is 504. The van der Waals surface area contributed by atoms with Crippen molar-refractivity contribution in [3.8, 4) is 0 Å². The second kappa shape index (κ2) is 4.64. The lowest BCUT2D eigenvalue weighted by atomic mass is 10.1. The van der Waals surface area contributed by atoms with Gasteiger partial charge in [0.05, 0.1) is 5.69 Å². The molecule has 1 aliphatic rings. The van der Waals surface area contributed by atoms with E-state index in [1.54, 1.807) is 0 Å². The van der Waals surface area contributed by atoms with E-state index in [4.69, 9.17) is 10.8 Å². The maximum Gasteiger partial charge on any atom is 0.326 e. The quantitative estimate of drug-likeness (QED) is 0.772. The summed E-state index contributed by atoms with van der Waals surface area (Å²) in [5.74, 6) is -2.18. The van der Waals surface area contributed by atoms with Crippen molar-refractivity contribution in [2.24, 2.45) is 0 Å². The zero-order chi connectivity index (χ0) is 13.3. The van der Waals surface area contributed by atoms with Crippen molar-refractivity contribution in [2.75, 3.05) is 12.3 Å². The van der Waals surface area contributed by atoms with Crippen molar-refractivity contribution < 1.29 is 19.1 Å². The molecule has 0 bridgehead atoms. The zero-order valence-corrected chi connectivity index (χ0v) is 9.60. The summed E-state index contributed by atoms with van der Waals surface area (Å²) in [5.41, 5.74) is 5.40. The fourth-order valence-corrected chi connectivity index (χ4v) is 2.09. The number of anilines is 1. The van der Waals surface area contributed by atoms with E-state index in [0.717, 1.165) is 6.07 Å². The zero-order valence-electron chi connectivity index (χ0n) is 9.60. The van der Waals surface area contributed by atoms with E-state index in [2.05, 4.69) is 0 Å². The van der Waals surface area contributed by atoms with E-state index in [1.165, 1.54) is 17.0 Å². The van der Waals surface area contributed by atoms with Gasteiger partial charge < -0.3 is 15.7 Å². The van der Waals surface area contributed by atoms with Crippen molar-refractivity contribution in [1.29, 1.82) is 0 Å². The van der Waals surface area contributed by atoms with Gasteiger partial charge in [0.25, 0.3) is 5.91 Å². The Hall–Kier alpha value is -2.11. The first-order chi connectivity index (χ1) is 8.50. The van der Waals surface area contributed by atoms with Gasteiger partial charge in [0, 0.05) is 12.1 Å². The van der Waals surface area contributed by atoms with Gasteiger partial charge >= 0.3 is 5.97 Å². The summed E-state index contributed by atoms with van der Waals surface area (Å²) >= 11 is 0. The largest absolute Gasteiger partial charge is 0.480 e. The number of hydrogen-bond acceptors (Lipinski definition) is 3. The van der Waals surface area contributed by atoms with Crippen molar-refractivity contribution >= 4 is 17.6 Å². The number of aliphatic carboxylic acids is 1. The fraction of sp³-hybridized carbons (Fsp3) is 0.333. The number of nitrogens with two attached hydrogens (primary N) is 1. The predicted octanol–water partition coefficient (Wildman–Crippen LogP) is 1.10. The molecule has 0 spiro atoms. The third-order valence-electron chi connectivity index (χ3n) is 3.05. The third kappa shape index (κ3) is 2.13. The van der Waals surface area contributed by atoms with E-state index in [1.807, 2.05) is 0 Å². The highest BCUT2D eigenvalue weighted by molar-refractivity contribution is 5.97. The van der Waals surface area contributed by atoms with Crippen LogP contribution >= 0.6 is 0 Å². The average Bonchev–Trinajstić information content (AvgIpc) is 2.81. The van der Waals surface area contributed by atoms with Gasteiger partial charge in [-0.15, -0.1) is 0 Å². The Balaban J connectivity index is 2.25. The van der Waals surface area contributed by atoms with Gasteiger partial charge in [-0.2, -0.15) is 0 Å². The third-order valence-corrected chi connectivity index (χ3v) is 3.05. The topological polar surface area (TPSA) is 83.6 Å². The molecule has 0 aromatic heterocycles. The molecule has 6 heteroatoms. The van der Waals surface area contributed by atoms with E-state index >= 15 is 0 Å². The van der Waals surface area contributed by atoms with Crippen LogP contribution in [0.5, 0.6) is 0 Å². The van der Waals surface area contributed by atoms with Crippen LogP contribution in [0.4, 0.5) is 10.1 Å². The molecule has 1 fully saturated rings. The van der Waals surface area contributed by atoms with E-state index < -0.39 is 23.7 Å². The number of rotatable bonds is 2. The Morgan fingerprint density at radius 3 is 2.78 bits per heavy atom. The molecular weight excluding hydrogens is 239 g/mol. The minimum atomic E-state index is -1.03. The second-order valence-electron chi connectivity index (χ2n) is 4.23. The van der Waals surface area contributed by atoms with Crippen molar-refractivity contribution in [3.05, 3.63) is 29.6 Å². The van der Waals surface area contributed by atoms with Gasteiger partial charge in [0.15, 0.2) is 0 Å². The highest BCUT2D eigenvalue weighted by Gasteiger charge is 2.34. The summed E-state index contributed by atoms with van der Waals surface area (Å²) in [7, 11) is 0. The number of carbonyl (C=O) groups excluding carboxylic acids is 1. The maximum atomic E-state index is 13.3. The molecule has 1 heterocycles. The molecular formula is C12H13FN2O3. The number of carbonyl (C=O) groups is 2. The summed E-state index contributed by atoms with van der Waals surface area (Å²) < 4.78 is 13.3. The monoisotopic (exact) mass is 252 g/mol. The molecule has 3 N–H and O–H groups in total. The van der Waals surface area contributed by atoms with Crippen LogP contribution in [0.25, 0.3) is 0 Å². The van der Waals surface area contributed by atoms with Gasteiger partial charge in [-0.1, -0.05) is 0 Å². The summed E-state index contributed by atoms with van der Waals surface area (Å²) in [6.07, 6.45) is 1.07. The Morgan fingerprint density at radius 2 is 2.17 bits per heavy atom. The number of carboxylic acid groups (broad SMARTS) is 1. The van der Waals surface area contributed by atoms with Gasteiger partial charge in [-0.25, -0.2) is 9.18 Å². The van der Waals surface area contributed by atoms with Gasteiger partial charge in [0.2, 0.25) is 0 Å². The van der Waals surface area contributed by atoms with Crippen LogP contribution in [-0.2, 0) is 4.79 Å². The standard InChI is InChI=1S/C12H13FN2O3/c13-8-6-7(3-4-9(8)14)11(16)15-5-1-2-10(15)12(17)18/h3-4,6,10H,1-2,5,14H2,(H,17,18). The number of benzene rings is 1. The van der Waals surface area contributed by atoms with Crippen LogP contribution in [0, 0.1) is 5.82 Å².